The van der Waals surface area contributed by atoms with Crippen LogP contribution in [0, 0.1) is 0 Å². The van der Waals surface area contributed by atoms with Crippen LogP contribution in [0.25, 0.3) is 5.57 Å². The zero-order valence-electron chi connectivity index (χ0n) is 11.6. The van der Waals surface area contributed by atoms with Gasteiger partial charge >= 0.3 is 0 Å². The molecule has 0 amide bonds. The first kappa shape index (κ1) is 12.6. The Kier molecular flexibility index (Phi) is 3.80. The van der Waals surface area contributed by atoms with Gasteiger partial charge in [0.15, 0.2) is 0 Å². The zero-order valence-corrected chi connectivity index (χ0v) is 11.6. The molecule has 1 saturated heterocycles. The van der Waals surface area contributed by atoms with Gasteiger partial charge in [-0.05, 0) is 37.7 Å². The Hall–Kier alpha value is -1.39. The van der Waals surface area contributed by atoms with Crippen molar-refractivity contribution in [1.29, 1.82) is 0 Å². The topological polar surface area (TPSA) is 31.4 Å². The molecule has 102 valence electrons. The first-order valence-electron chi connectivity index (χ1n) is 7.13. The largest absolute Gasteiger partial charge is 0.354 e. The van der Waals surface area contributed by atoms with Crippen molar-refractivity contribution in [3.05, 3.63) is 30.0 Å². The number of piperazine rings is 1. The minimum absolute atomic E-state index is 0.968. The number of anilines is 1. The highest BCUT2D eigenvalue weighted by atomic mass is 15.3. The van der Waals surface area contributed by atoms with Crippen molar-refractivity contribution in [2.75, 3.05) is 51.2 Å². The van der Waals surface area contributed by atoms with Crippen LogP contribution in [0.1, 0.15) is 12.1 Å². The second-order valence-electron chi connectivity index (χ2n) is 5.35. The van der Waals surface area contributed by atoms with Crippen LogP contribution in [-0.2, 0) is 0 Å². The van der Waals surface area contributed by atoms with Gasteiger partial charge in [0, 0.05) is 32.7 Å². The summed E-state index contributed by atoms with van der Waals surface area (Å²) < 4.78 is 0. The van der Waals surface area contributed by atoms with E-state index < -0.39 is 0 Å². The fraction of sp³-hybridized carbons (Fsp3) is 0.533. The van der Waals surface area contributed by atoms with Crippen molar-refractivity contribution in [2.24, 2.45) is 0 Å². The molecule has 0 aliphatic carbocycles. The molecule has 0 saturated carbocycles. The third-order valence-electron chi connectivity index (χ3n) is 3.95. The lowest BCUT2D eigenvalue weighted by atomic mass is 10.1. The summed E-state index contributed by atoms with van der Waals surface area (Å²) in [4.78, 5) is 9.62. The van der Waals surface area contributed by atoms with E-state index in [2.05, 4.69) is 46.4 Å². The maximum atomic E-state index is 4.86. The van der Waals surface area contributed by atoms with Crippen LogP contribution in [0.3, 0.4) is 0 Å². The molecule has 0 radical (unpaired) electrons. The number of likely N-dealkylation sites (N-methyl/N-ethyl adjacent to an activating group) is 1. The third kappa shape index (κ3) is 2.96. The Bertz CT molecular complexity index is 461. The Morgan fingerprint density at radius 1 is 1.16 bits per heavy atom. The van der Waals surface area contributed by atoms with Crippen molar-refractivity contribution >= 4 is 11.4 Å². The molecule has 0 spiro atoms. The molecule has 1 aromatic rings. The summed E-state index contributed by atoms with van der Waals surface area (Å²) in [6.07, 6.45) is 3.35. The SMILES string of the molecule is CN1CCN(c2cccc(C3=CCNCC3)n2)CC1. The fourth-order valence-corrected chi connectivity index (χ4v) is 2.67. The van der Waals surface area contributed by atoms with Crippen molar-refractivity contribution in [2.45, 2.75) is 6.42 Å². The van der Waals surface area contributed by atoms with E-state index in [0.29, 0.717) is 0 Å². The summed E-state index contributed by atoms with van der Waals surface area (Å²) in [5.41, 5.74) is 2.53. The summed E-state index contributed by atoms with van der Waals surface area (Å²) in [7, 11) is 2.18. The predicted molar refractivity (Wildman–Crippen MR) is 79.4 cm³/mol. The monoisotopic (exact) mass is 258 g/mol. The number of pyridine rings is 1. The van der Waals surface area contributed by atoms with Gasteiger partial charge in [0.1, 0.15) is 5.82 Å². The van der Waals surface area contributed by atoms with E-state index in [4.69, 9.17) is 4.98 Å². The molecule has 0 bridgehead atoms. The van der Waals surface area contributed by atoms with E-state index in [1.54, 1.807) is 0 Å². The normalized spacial score (nSPS) is 21.3. The van der Waals surface area contributed by atoms with Crippen LogP contribution in [0.4, 0.5) is 5.82 Å². The van der Waals surface area contributed by atoms with E-state index in [1.807, 2.05) is 0 Å². The molecule has 1 aromatic heterocycles. The van der Waals surface area contributed by atoms with Crippen LogP contribution in [0.2, 0.25) is 0 Å². The molecule has 2 aliphatic rings. The zero-order chi connectivity index (χ0) is 13.1. The maximum absolute atomic E-state index is 4.86. The summed E-state index contributed by atoms with van der Waals surface area (Å²) in [6.45, 7) is 6.43. The van der Waals surface area contributed by atoms with E-state index in [1.165, 1.54) is 5.57 Å². The number of nitrogens with one attached hydrogen (secondary N) is 1. The van der Waals surface area contributed by atoms with Gasteiger partial charge in [-0.2, -0.15) is 0 Å². The molecule has 4 nitrogen and oxygen atoms in total. The summed E-state index contributed by atoms with van der Waals surface area (Å²) in [6, 6.07) is 6.41. The highest BCUT2D eigenvalue weighted by Crippen LogP contribution is 2.21. The summed E-state index contributed by atoms with van der Waals surface area (Å²) in [5.74, 6) is 1.13. The average molecular weight is 258 g/mol. The van der Waals surface area contributed by atoms with Gasteiger partial charge in [-0.3, -0.25) is 0 Å². The third-order valence-corrected chi connectivity index (χ3v) is 3.95. The predicted octanol–water partition coefficient (Wildman–Crippen LogP) is 1.21. The second kappa shape index (κ2) is 5.72. The van der Waals surface area contributed by atoms with Crippen molar-refractivity contribution in [3.8, 4) is 0 Å². The highest BCUT2D eigenvalue weighted by molar-refractivity contribution is 5.65. The molecule has 19 heavy (non-hydrogen) atoms. The quantitative estimate of drug-likeness (QED) is 0.864. The number of nitrogens with zero attached hydrogens (tertiary/aromatic N) is 3. The molecule has 3 heterocycles. The molecule has 1 fully saturated rings. The highest BCUT2D eigenvalue weighted by Gasteiger charge is 2.16. The Labute approximate surface area is 115 Å². The first-order valence-corrected chi connectivity index (χ1v) is 7.13. The molecular formula is C15H22N4. The fourth-order valence-electron chi connectivity index (χ4n) is 2.67. The van der Waals surface area contributed by atoms with E-state index >= 15 is 0 Å². The lowest BCUT2D eigenvalue weighted by molar-refractivity contribution is 0.312. The van der Waals surface area contributed by atoms with E-state index in [0.717, 1.165) is 57.2 Å². The molecule has 3 rings (SSSR count). The number of aromatic nitrogens is 1. The summed E-state index contributed by atoms with van der Waals surface area (Å²) >= 11 is 0. The van der Waals surface area contributed by atoms with Crippen LogP contribution < -0.4 is 10.2 Å². The molecule has 0 unspecified atom stereocenters. The minimum atomic E-state index is 0.968. The average Bonchev–Trinajstić information content (AvgIpc) is 2.49. The van der Waals surface area contributed by atoms with Gasteiger partial charge < -0.3 is 15.1 Å². The Balaban J connectivity index is 1.78. The van der Waals surface area contributed by atoms with E-state index in [9.17, 15) is 0 Å². The number of hydrogen-bond acceptors (Lipinski definition) is 4. The van der Waals surface area contributed by atoms with Gasteiger partial charge in [0.2, 0.25) is 0 Å². The molecular weight excluding hydrogens is 236 g/mol. The lowest BCUT2D eigenvalue weighted by Gasteiger charge is -2.33. The van der Waals surface area contributed by atoms with Crippen molar-refractivity contribution < 1.29 is 0 Å². The van der Waals surface area contributed by atoms with Crippen LogP contribution >= 0.6 is 0 Å². The Morgan fingerprint density at radius 3 is 2.74 bits per heavy atom. The van der Waals surface area contributed by atoms with E-state index in [-0.39, 0.29) is 0 Å². The first-order chi connectivity index (χ1) is 9.33. The molecule has 0 aromatic carbocycles. The standard InChI is InChI=1S/C15H22N4/c1-18-9-11-19(12-10-18)15-4-2-3-14(17-15)13-5-7-16-8-6-13/h2-5,16H,6-12H2,1H3. The van der Waals surface area contributed by atoms with Gasteiger partial charge in [-0.25, -0.2) is 4.98 Å². The Morgan fingerprint density at radius 2 is 2.00 bits per heavy atom. The smallest absolute Gasteiger partial charge is 0.129 e. The van der Waals surface area contributed by atoms with Crippen LogP contribution in [0.5, 0.6) is 0 Å². The van der Waals surface area contributed by atoms with Gasteiger partial charge in [0.25, 0.3) is 0 Å². The van der Waals surface area contributed by atoms with Gasteiger partial charge in [-0.15, -0.1) is 0 Å². The molecule has 2 aliphatic heterocycles. The summed E-state index contributed by atoms with van der Waals surface area (Å²) in [5, 5.41) is 3.35. The molecule has 1 N–H and O–H groups in total. The van der Waals surface area contributed by atoms with Gasteiger partial charge in [-0.1, -0.05) is 12.1 Å². The number of rotatable bonds is 2. The molecule has 0 atom stereocenters. The van der Waals surface area contributed by atoms with Gasteiger partial charge in [0.05, 0.1) is 5.69 Å². The van der Waals surface area contributed by atoms with Crippen molar-refractivity contribution in [1.82, 2.24) is 15.2 Å². The maximum Gasteiger partial charge on any atom is 0.129 e. The van der Waals surface area contributed by atoms with Crippen molar-refractivity contribution in [3.63, 3.8) is 0 Å². The molecule has 4 heteroatoms. The minimum Gasteiger partial charge on any atom is -0.354 e. The van der Waals surface area contributed by atoms with Crippen LogP contribution in [0.15, 0.2) is 24.3 Å². The van der Waals surface area contributed by atoms with Crippen LogP contribution in [-0.4, -0.2) is 56.2 Å². The lowest BCUT2D eigenvalue weighted by Crippen LogP contribution is -2.44. The second-order valence-corrected chi connectivity index (χ2v) is 5.35. The number of hydrogen-bond donors (Lipinski definition) is 1.